The zero-order valence-corrected chi connectivity index (χ0v) is 11.6. The highest BCUT2D eigenvalue weighted by Gasteiger charge is 2.19. The highest BCUT2D eigenvalue weighted by Crippen LogP contribution is 2.19. The fourth-order valence-corrected chi connectivity index (χ4v) is 2.65. The summed E-state index contributed by atoms with van der Waals surface area (Å²) in [4.78, 5) is 0. The van der Waals surface area contributed by atoms with Gasteiger partial charge in [-0.1, -0.05) is 31.2 Å². The van der Waals surface area contributed by atoms with Crippen LogP contribution in [0.1, 0.15) is 37.3 Å². The third-order valence-corrected chi connectivity index (χ3v) is 3.89. The van der Waals surface area contributed by atoms with E-state index in [1.807, 2.05) is 0 Å². The second kappa shape index (κ2) is 6.91. The van der Waals surface area contributed by atoms with Gasteiger partial charge in [0.05, 0.1) is 6.10 Å². The summed E-state index contributed by atoms with van der Waals surface area (Å²) in [5.41, 5.74) is 2.84. The van der Waals surface area contributed by atoms with Crippen LogP contribution in [0, 0.1) is 0 Å². The number of rotatable bonds is 6. The van der Waals surface area contributed by atoms with Gasteiger partial charge in [0.25, 0.3) is 0 Å². The molecule has 0 amide bonds. The monoisotopic (exact) mass is 247 g/mol. The van der Waals surface area contributed by atoms with Crippen molar-refractivity contribution >= 4 is 0 Å². The van der Waals surface area contributed by atoms with E-state index in [1.54, 1.807) is 0 Å². The molecule has 1 saturated heterocycles. The minimum absolute atomic E-state index is 0.470. The van der Waals surface area contributed by atoms with Crippen molar-refractivity contribution in [3.63, 3.8) is 0 Å². The molecule has 2 unspecified atom stereocenters. The summed E-state index contributed by atoms with van der Waals surface area (Å²) < 4.78 is 5.72. The van der Waals surface area contributed by atoms with Crippen molar-refractivity contribution in [2.45, 2.75) is 51.2 Å². The molecule has 1 N–H and O–H groups in total. The van der Waals surface area contributed by atoms with Gasteiger partial charge < -0.3 is 10.1 Å². The van der Waals surface area contributed by atoms with E-state index >= 15 is 0 Å². The van der Waals surface area contributed by atoms with Crippen LogP contribution >= 0.6 is 0 Å². The highest BCUT2D eigenvalue weighted by atomic mass is 16.5. The SMILES string of the molecule is CCc1ccc(CC(CC2CCCO2)NC)cc1. The molecule has 1 heterocycles. The van der Waals surface area contributed by atoms with Crippen molar-refractivity contribution in [1.82, 2.24) is 5.32 Å². The lowest BCUT2D eigenvalue weighted by molar-refractivity contribution is 0.0954. The Balaban J connectivity index is 1.87. The van der Waals surface area contributed by atoms with Gasteiger partial charge in [-0.15, -0.1) is 0 Å². The first kappa shape index (κ1) is 13.6. The van der Waals surface area contributed by atoms with Gasteiger partial charge in [-0.2, -0.15) is 0 Å². The largest absolute Gasteiger partial charge is 0.378 e. The van der Waals surface area contributed by atoms with Gasteiger partial charge in [0.2, 0.25) is 0 Å². The van der Waals surface area contributed by atoms with E-state index in [2.05, 4.69) is 43.6 Å². The Morgan fingerprint density at radius 3 is 2.56 bits per heavy atom. The van der Waals surface area contributed by atoms with E-state index in [9.17, 15) is 0 Å². The van der Waals surface area contributed by atoms with E-state index in [0.717, 1.165) is 25.9 Å². The predicted molar refractivity (Wildman–Crippen MR) is 76.0 cm³/mol. The summed E-state index contributed by atoms with van der Waals surface area (Å²) in [6.45, 7) is 3.15. The number of hydrogen-bond acceptors (Lipinski definition) is 2. The third-order valence-electron chi connectivity index (χ3n) is 3.89. The van der Waals surface area contributed by atoms with Gasteiger partial charge in [-0.05, 0) is 50.3 Å². The maximum atomic E-state index is 5.72. The Morgan fingerprint density at radius 1 is 1.28 bits per heavy atom. The van der Waals surface area contributed by atoms with Gasteiger partial charge in [0.1, 0.15) is 0 Å². The topological polar surface area (TPSA) is 21.3 Å². The van der Waals surface area contributed by atoms with Crippen molar-refractivity contribution in [3.05, 3.63) is 35.4 Å². The van der Waals surface area contributed by atoms with Crippen molar-refractivity contribution in [1.29, 1.82) is 0 Å². The normalized spacial score (nSPS) is 21.1. The van der Waals surface area contributed by atoms with Gasteiger partial charge in [0.15, 0.2) is 0 Å². The van der Waals surface area contributed by atoms with Gasteiger partial charge in [0, 0.05) is 12.6 Å². The second-order valence-electron chi connectivity index (χ2n) is 5.23. The van der Waals surface area contributed by atoms with Crippen LogP contribution in [0.4, 0.5) is 0 Å². The molecule has 1 aliphatic rings. The lowest BCUT2D eigenvalue weighted by Gasteiger charge is -2.20. The molecular formula is C16H25NO. The lowest BCUT2D eigenvalue weighted by Crippen LogP contribution is -2.31. The Hall–Kier alpha value is -0.860. The van der Waals surface area contributed by atoms with Crippen LogP contribution in [0.25, 0.3) is 0 Å². The maximum absolute atomic E-state index is 5.72. The Morgan fingerprint density at radius 2 is 2.00 bits per heavy atom. The first-order valence-electron chi connectivity index (χ1n) is 7.18. The van der Waals surface area contributed by atoms with Crippen molar-refractivity contribution in [2.75, 3.05) is 13.7 Å². The second-order valence-corrected chi connectivity index (χ2v) is 5.23. The average molecular weight is 247 g/mol. The quantitative estimate of drug-likeness (QED) is 0.834. The fourth-order valence-electron chi connectivity index (χ4n) is 2.65. The lowest BCUT2D eigenvalue weighted by atomic mass is 9.98. The van der Waals surface area contributed by atoms with E-state index in [-0.39, 0.29) is 0 Å². The Kier molecular flexibility index (Phi) is 5.21. The first-order chi connectivity index (χ1) is 8.81. The molecular weight excluding hydrogens is 222 g/mol. The molecule has 0 aromatic heterocycles. The van der Waals surface area contributed by atoms with E-state index in [1.165, 1.54) is 24.0 Å². The molecule has 2 rings (SSSR count). The molecule has 0 spiro atoms. The molecule has 1 aliphatic heterocycles. The molecule has 18 heavy (non-hydrogen) atoms. The van der Waals surface area contributed by atoms with Crippen LogP contribution in [-0.2, 0) is 17.6 Å². The number of likely N-dealkylation sites (N-methyl/N-ethyl adjacent to an activating group) is 1. The summed E-state index contributed by atoms with van der Waals surface area (Å²) in [5.74, 6) is 0. The van der Waals surface area contributed by atoms with Gasteiger partial charge in [-0.25, -0.2) is 0 Å². The Labute approximate surface area is 111 Å². The zero-order chi connectivity index (χ0) is 12.8. The van der Waals surface area contributed by atoms with Crippen LogP contribution in [0.5, 0.6) is 0 Å². The molecule has 2 heteroatoms. The van der Waals surface area contributed by atoms with Gasteiger partial charge >= 0.3 is 0 Å². The smallest absolute Gasteiger partial charge is 0.0590 e. The van der Waals surface area contributed by atoms with Crippen LogP contribution in [0.15, 0.2) is 24.3 Å². The summed E-state index contributed by atoms with van der Waals surface area (Å²) in [6.07, 6.45) is 6.27. The zero-order valence-electron chi connectivity index (χ0n) is 11.6. The average Bonchev–Trinajstić information content (AvgIpc) is 2.91. The van der Waals surface area contributed by atoms with Crippen LogP contribution < -0.4 is 5.32 Å². The standard InChI is InChI=1S/C16H25NO/c1-3-13-6-8-14(9-7-13)11-15(17-2)12-16-5-4-10-18-16/h6-9,15-17H,3-5,10-12H2,1-2H3. The van der Waals surface area contributed by atoms with Crippen LogP contribution in [0.3, 0.4) is 0 Å². The van der Waals surface area contributed by atoms with E-state index in [4.69, 9.17) is 4.74 Å². The number of benzene rings is 1. The third kappa shape index (κ3) is 3.82. The van der Waals surface area contributed by atoms with Crippen molar-refractivity contribution in [2.24, 2.45) is 0 Å². The van der Waals surface area contributed by atoms with Crippen LogP contribution in [-0.4, -0.2) is 25.8 Å². The van der Waals surface area contributed by atoms with E-state index < -0.39 is 0 Å². The van der Waals surface area contributed by atoms with Crippen molar-refractivity contribution in [3.8, 4) is 0 Å². The minimum Gasteiger partial charge on any atom is -0.378 e. The number of aryl methyl sites for hydroxylation is 1. The molecule has 100 valence electrons. The van der Waals surface area contributed by atoms with Crippen LogP contribution in [0.2, 0.25) is 0 Å². The molecule has 0 bridgehead atoms. The summed E-state index contributed by atoms with van der Waals surface area (Å²) in [7, 11) is 2.06. The molecule has 1 aromatic carbocycles. The summed E-state index contributed by atoms with van der Waals surface area (Å²) >= 11 is 0. The number of nitrogens with one attached hydrogen (secondary N) is 1. The minimum atomic E-state index is 0.470. The fraction of sp³-hybridized carbons (Fsp3) is 0.625. The summed E-state index contributed by atoms with van der Waals surface area (Å²) in [5, 5.41) is 3.43. The molecule has 0 saturated carbocycles. The highest BCUT2D eigenvalue weighted by molar-refractivity contribution is 5.23. The molecule has 0 radical (unpaired) electrons. The molecule has 2 nitrogen and oxygen atoms in total. The molecule has 2 atom stereocenters. The first-order valence-corrected chi connectivity index (χ1v) is 7.18. The van der Waals surface area contributed by atoms with E-state index in [0.29, 0.717) is 12.1 Å². The molecule has 1 fully saturated rings. The maximum Gasteiger partial charge on any atom is 0.0590 e. The predicted octanol–water partition coefficient (Wildman–Crippen LogP) is 2.95. The molecule has 0 aliphatic carbocycles. The molecule has 1 aromatic rings. The van der Waals surface area contributed by atoms with Gasteiger partial charge in [-0.3, -0.25) is 0 Å². The number of ether oxygens (including phenoxy) is 1. The Bertz CT molecular complexity index is 341. The van der Waals surface area contributed by atoms with Crippen molar-refractivity contribution < 1.29 is 4.74 Å². The number of hydrogen-bond donors (Lipinski definition) is 1. The summed E-state index contributed by atoms with van der Waals surface area (Å²) in [6, 6.07) is 9.54.